The molecule has 5 heteroatoms. The van der Waals surface area contributed by atoms with Crippen LogP contribution in [0.4, 0.5) is 5.69 Å². The number of para-hydroxylation sites is 1. The maximum absolute atomic E-state index is 9.98. The molecule has 0 aromatic heterocycles. The van der Waals surface area contributed by atoms with Gasteiger partial charge in [-0.2, -0.15) is 0 Å². The van der Waals surface area contributed by atoms with E-state index in [9.17, 15) is 5.11 Å². The average Bonchev–Trinajstić information content (AvgIpc) is 2.47. The summed E-state index contributed by atoms with van der Waals surface area (Å²) in [5.74, 6) is 0.789. The number of rotatable bonds is 6. The SMILES string of the molecule is Cc1ccccc1OCC(O)CNc1cc(Br)ccc1Cl. The number of halogens is 2. The van der Waals surface area contributed by atoms with Crippen molar-refractivity contribution in [3.8, 4) is 5.75 Å². The van der Waals surface area contributed by atoms with Gasteiger partial charge < -0.3 is 15.2 Å². The Balaban J connectivity index is 1.84. The molecule has 0 radical (unpaired) electrons. The smallest absolute Gasteiger partial charge is 0.122 e. The summed E-state index contributed by atoms with van der Waals surface area (Å²) in [4.78, 5) is 0. The minimum atomic E-state index is -0.625. The average molecular weight is 371 g/mol. The quantitative estimate of drug-likeness (QED) is 0.798. The van der Waals surface area contributed by atoms with E-state index >= 15 is 0 Å². The molecule has 2 N–H and O–H groups in total. The van der Waals surface area contributed by atoms with E-state index in [1.165, 1.54) is 0 Å². The first kappa shape index (κ1) is 16.1. The maximum atomic E-state index is 9.98. The predicted octanol–water partition coefficient (Wildman–Crippen LogP) is 4.26. The Morgan fingerprint density at radius 3 is 2.81 bits per heavy atom. The van der Waals surface area contributed by atoms with E-state index < -0.39 is 6.10 Å². The van der Waals surface area contributed by atoms with Crippen LogP contribution in [0.5, 0.6) is 5.75 Å². The molecule has 1 atom stereocenters. The zero-order chi connectivity index (χ0) is 15.2. The van der Waals surface area contributed by atoms with Gasteiger partial charge in [0.1, 0.15) is 18.5 Å². The van der Waals surface area contributed by atoms with E-state index in [0.717, 1.165) is 21.5 Å². The maximum Gasteiger partial charge on any atom is 0.122 e. The molecule has 112 valence electrons. The van der Waals surface area contributed by atoms with Gasteiger partial charge in [-0.25, -0.2) is 0 Å². The summed E-state index contributed by atoms with van der Waals surface area (Å²) in [5, 5.41) is 13.7. The van der Waals surface area contributed by atoms with Crippen molar-refractivity contribution in [2.75, 3.05) is 18.5 Å². The van der Waals surface area contributed by atoms with Crippen molar-refractivity contribution in [3.05, 3.63) is 57.5 Å². The molecule has 1 unspecified atom stereocenters. The van der Waals surface area contributed by atoms with Crippen molar-refractivity contribution in [3.63, 3.8) is 0 Å². The van der Waals surface area contributed by atoms with Crippen LogP contribution in [-0.2, 0) is 0 Å². The summed E-state index contributed by atoms with van der Waals surface area (Å²) in [5.41, 5.74) is 1.83. The summed E-state index contributed by atoms with van der Waals surface area (Å²) in [6.07, 6.45) is -0.625. The number of benzene rings is 2. The molecule has 21 heavy (non-hydrogen) atoms. The fourth-order valence-corrected chi connectivity index (χ4v) is 2.37. The van der Waals surface area contributed by atoms with Crippen LogP contribution in [0.15, 0.2) is 46.9 Å². The Morgan fingerprint density at radius 1 is 1.29 bits per heavy atom. The number of hydrogen-bond donors (Lipinski definition) is 2. The first-order chi connectivity index (χ1) is 10.1. The zero-order valence-electron chi connectivity index (χ0n) is 11.6. The second-order valence-corrected chi connectivity index (χ2v) is 6.06. The van der Waals surface area contributed by atoms with Gasteiger partial charge in [0.05, 0.1) is 10.7 Å². The van der Waals surface area contributed by atoms with E-state index in [4.69, 9.17) is 16.3 Å². The minimum Gasteiger partial charge on any atom is -0.491 e. The monoisotopic (exact) mass is 369 g/mol. The van der Waals surface area contributed by atoms with Gasteiger partial charge in [-0.1, -0.05) is 45.7 Å². The number of aliphatic hydroxyl groups is 1. The number of hydrogen-bond acceptors (Lipinski definition) is 3. The third-order valence-electron chi connectivity index (χ3n) is 2.98. The van der Waals surface area contributed by atoms with Gasteiger partial charge in [0, 0.05) is 11.0 Å². The Bertz CT molecular complexity index is 607. The standard InChI is InChI=1S/C16H17BrClNO2/c1-11-4-2-3-5-16(11)21-10-13(20)9-19-15-8-12(17)6-7-14(15)18/h2-8,13,19-20H,9-10H2,1H3. The van der Waals surface area contributed by atoms with Crippen LogP contribution in [0.1, 0.15) is 5.56 Å². The number of anilines is 1. The molecule has 2 aromatic rings. The summed E-state index contributed by atoms with van der Waals surface area (Å²) in [6, 6.07) is 13.3. The molecule has 2 rings (SSSR count). The number of aliphatic hydroxyl groups excluding tert-OH is 1. The molecule has 3 nitrogen and oxygen atoms in total. The molecule has 0 amide bonds. The highest BCUT2D eigenvalue weighted by molar-refractivity contribution is 9.10. The lowest BCUT2D eigenvalue weighted by Crippen LogP contribution is -2.26. The zero-order valence-corrected chi connectivity index (χ0v) is 14.0. The van der Waals surface area contributed by atoms with E-state index in [1.807, 2.05) is 43.3 Å². The molecule has 0 saturated carbocycles. The van der Waals surface area contributed by atoms with Gasteiger partial charge in [-0.3, -0.25) is 0 Å². The van der Waals surface area contributed by atoms with Gasteiger partial charge >= 0.3 is 0 Å². The van der Waals surface area contributed by atoms with Crippen molar-refractivity contribution in [1.29, 1.82) is 0 Å². The predicted molar refractivity (Wildman–Crippen MR) is 90.3 cm³/mol. The number of nitrogens with one attached hydrogen (secondary N) is 1. The lowest BCUT2D eigenvalue weighted by atomic mass is 10.2. The van der Waals surface area contributed by atoms with Crippen molar-refractivity contribution in [2.45, 2.75) is 13.0 Å². The molecule has 0 bridgehead atoms. The van der Waals surface area contributed by atoms with Gasteiger partial charge in [-0.15, -0.1) is 0 Å². The summed E-state index contributed by atoms with van der Waals surface area (Å²) < 4.78 is 6.54. The highest BCUT2D eigenvalue weighted by atomic mass is 79.9. The molecule has 0 aliphatic carbocycles. The Kier molecular flexibility index (Phi) is 5.91. The van der Waals surface area contributed by atoms with Crippen LogP contribution in [0.25, 0.3) is 0 Å². The van der Waals surface area contributed by atoms with Gasteiger partial charge in [0.25, 0.3) is 0 Å². The van der Waals surface area contributed by atoms with E-state index in [-0.39, 0.29) is 6.61 Å². The second kappa shape index (κ2) is 7.69. The highest BCUT2D eigenvalue weighted by Crippen LogP contribution is 2.25. The summed E-state index contributed by atoms with van der Waals surface area (Å²) in [6.45, 7) is 2.56. The molecule has 2 aromatic carbocycles. The summed E-state index contributed by atoms with van der Waals surface area (Å²) >= 11 is 9.46. The van der Waals surface area contributed by atoms with Crippen molar-refractivity contribution in [2.24, 2.45) is 0 Å². The van der Waals surface area contributed by atoms with Gasteiger partial charge in [0.15, 0.2) is 0 Å². The lowest BCUT2D eigenvalue weighted by Gasteiger charge is -2.16. The van der Waals surface area contributed by atoms with Crippen LogP contribution >= 0.6 is 27.5 Å². The van der Waals surface area contributed by atoms with Crippen LogP contribution in [0.3, 0.4) is 0 Å². The summed E-state index contributed by atoms with van der Waals surface area (Å²) in [7, 11) is 0. The molecule has 0 aliphatic rings. The van der Waals surface area contributed by atoms with E-state index in [1.54, 1.807) is 6.07 Å². The number of aryl methyl sites for hydroxylation is 1. The molecular weight excluding hydrogens is 354 g/mol. The van der Waals surface area contributed by atoms with Gasteiger partial charge in [0.2, 0.25) is 0 Å². The Morgan fingerprint density at radius 2 is 2.05 bits per heavy atom. The lowest BCUT2D eigenvalue weighted by molar-refractivity contribution is 0.117. The molecule has 0 saturated heterocycles. The molecule has 0 spiro atoms. The first-order valence-corrected chi connectivity index (χ1v) is 7.79. The Labute approximate surface area is 138 Å². The van der Waals surface area contributed by atoms with Crippen LogP contribution in [0, 0.1) is 6.92 Å². The third kappa shape index (κ3) is 4.92. The third-order valence-corrected chi connectivity index (χ3v) is 3.80. The molecular formula is C16H17BrClNO2. The highest BCUT2D eigenvalue weighted by Gasteiger charge is 2.08. The minimum absolute atomic E-state index is 0.226. The first-order valence-electron chi connectivity index (χ1n) is 6.61. The molecule has 0 heterocycles. The second-order valence-electron chi connectivity index (χ2n) is 4.74. The molecule has 0 fully saturated rings. The topological polar surface area (TPSA) is 41.5 Å². The van der Waals surface area contributed by atoms with Crippen LogP contribution < -0.4 is 10.1 Å². The van der Waals surface area contributed by atoms with Crippen molar-refractivity contribution in [1.82, 2.24) is 0 Å². The van der Waals surface area contributed by atoms with Crippen LogP contribution in [0.2, 0.25) is 5.02 Å². The Hall–Kier alpha value is -1.23. The van der Waals surface area contributed by atoms with Crippen molar-refractivity contribution >= 4 is 33.2 Å². The van der Waals surface area contributed by atoms with E-state index in [0.29, 0.717) is 11.6 Å². The van der Waals surface area contributed by atoms with Gasteiger partial charge in [-0.05, 0) is 36.8 Å². The fraction of sp³-hybridized carbons (Fsp3) is 0.250. The normalized spacial score (nSPS) is 12.0. The fourth-order valence-electron chi connectivity index (χ4n) is 1.82. The largest absolute Gasteiger partial charge is 0.491 e. The van der Waals surface area contributed by atoms with E-state index in [2.05, 4.69) is 21.2 Å². The van der Waals surface area contributed by atoms with Crippen molar-refractivity contribution < 1.29 is 9.84 Å². The molecule has 0 aliphatic heterocycles. The number of ether oxygens (including phenoxy) is 1. The van der Waals surface area contributed by atoms with Crippen LogP contribution in [-0.4, -0.2) is 24.4 Å².